The molecule has 0 spiro atoms. The molecule has 0 bridgehead atoms. The Morgan fingerprint density at radius 2 is 1.82 bits per heavy atom. The molecule has 0 saturated carbocycles. The third-order valence-corrected chi connectivity index (χ3v) is 5.03. The minimum absolute atomic E-state index is 0.0289. The lowest BCUT2D eigenvalue weighted by Crippen LogP contribution is -2.23. The second-order valence-electron chi connectivity index (χ2n) is 7.29. The number of amides is 2. The summed E-state index contributed by atoms with van der Waals surface area (Å²) >= 11 is 0. The number of rotatable bonds is 4. The molecule has 2 amide bonds. The molecule has 1 aliphatic heterocycles. The highest BCUT2D eigenvalue weighted by Gasteiger charge is 2.35. The molecule has 0 aliphatic carbocycles. The van der Waals surface area contributed by atoms with Crippen molar-refractivity contribution in [2.75, 3.05) is 10.6 Å². The van der Waals surface area contributed by atoms with Gasteiger partial charge in [-0.2, -0.15) is 5.10 Å². The number of anilines is 2. The van der Waals surface area contributed by atoms with Crippen LogP contribution in [0.5, 0.6) is 0 Å². The number of aromatic nitrogens is 2. The van der Waals surface area contributed by atoms with E-state index < -0.39 is 6.04 Å². The number of hydrogen-bond acceptors (Lipinski definition) is 3. The van der Waals surface area contributed by atoms with Gasteiger partial charge in [-0.3, -0.25) is 9.59 Å². The zero-order valence-corrected chi connectivity index (χ0v) is 16.1. The van der Waals surface area contributed by atoms with Crippen LogP contribution >= 0.6 is 0 Å². The molecule has 142 valence electrons. The molecule has 2 heterocycles. The first-order valence-electron chi connectivity index (χ1n) is 9.25. The fraction of sp³-hybridized carbons (Fsp3) is 0.227. The van der Waals surface area contributed by atoms with E-state index in [1.165, 1.54) is 0 Å². The summed E-state index contributed by atoms with van der Waals surface area (Å²) in [6, 6.07) is 13.2. The lowest BCUT2D eigenvalue weighted by atomic mass is 10.1. The van der Waals surface area contributed by atoms with E-state index >= 15 is 0 Å². The van der Waals surface area contributed by atoms with E-state index in [1.54, 1.807) is 10.9 Å². The number of carbonyl (C=O) groups is 2. The molecule has 28 heavy (non-hydrogen) atoms. The maximum absolute atomic E-state index is 12.5. The van der Waals surface area contributed by atoms with Crippen LogP contribution in [-0.4, -0.2) is 21.6 Å². The van der Waals surface area contributed by atoms with Gasteiger partial charge in [0.05, 0.1) is 12.6 Å². The van der Waals surface area contributed by atoms with Crippen molar-refractivity contribution in [3.63, 3.8) is 0 Å². The Bertz CT molecular complexity index is 1070. The van der Waals surface area contributed by atoms with Gasteiger partial charge in [0.15, 0.2) is 0 Å². The summed E-state index contributed by atoms with van der Waals surface area (Å²) in [4.78, 5) is 25.0. The van der Waals surface area contributed by atoms with Crippen LogP contribution in [-0.2, 0) is 9.59 Å². The van der Waals surface area contributed by atoms with Gasteiger partial charge in [-0.1, -0.05) is 47.5 Å². The molecule has 2 aromatic carbocycles. The van der Waals surface area contributed by atoms with Crippen molar-refractivity contribution >= 4 is 23.3 Å². The topological polar surface area (TPSA) is 76.0 Å². The van der Waals surface area contributed by atoms with Gasteiger partial charge in [-0.25, -0.2) is 4.68 Å². The fourth-order valence-electron chi connectivity index (χ4n) is 3.49. The molecule has 0 fully saturated rings. The molecule has 1 atom stereocenters. The van der Waals surface area contributed by atoms with Crippen molar-refractivity contribution in [3.8, 4) is 11.1 Å². The standard InChI is InChI=1S/C22H22N4O2/c1-13-4-7-16(8-5-13)17-12-23-26-19(22(28)25-21(17)26)11-20(27)24-18-9-6-14(2)10-15(18)3/h4-10,12,19H,11H2,1-3H3,(H,24,27)(H,25,28). The highest BCUT2D eigenvalue weighted by atomic mass is 16.2. The third kappa shape index (κ3) is 3.29. The van der Waals surface area contributed by atoms with Crippen LogP contribution in [0.15, 0.2) is 48.7 Å². The number of nitrogens with one attached hydrogen (secondary N) is 2. The summed E-state index contributed by atoms with van der Waals surface area (Å²) in [5.41, 5.74) is 5.88. The SMILES string of the molecule is Cc1ccc(-c2cnn3c2NC(=O)C3CC(=O)Nc2ccc(C)cc2C)cc1. The van der Waals surface area contributed by atoms with Gasteiger partial charge in [0.1, 0.15) is 11.9 Å². The van der Waals surface area contributed by atoms with E-state index in [9.17, 15) is 9.59 Å². The third-order valence-electron chi connectivity index (χ3n) is 5.03. The molecule has 6 nitrogen and oxygen atoms in total. The van der Waals surface area contributed by atoms with Crippen molar-refractivity contribution in [1.29, 1.82) is 0 Å². The highest BCUT2D eigenvalue weighted by Crippen LogP contribution is 2.35. The lowest BCUT2D eigenvalue weighted by molar-refractivity contribution is -0.123. The van der Waals surface area contributed by atoms with Gasteiger partial charge >= 0.3 is 0 Å². The average molecular weight is 374 g/mol. The molecular formula is C22H22N4O2. The van der Waals surface area contributed by atoms with Crippen LogP contribution in [0.3, 0.4) is 0 Å². The first-order chi connectivity index (χ1) is 13.4. The predicted molar refractivity (Wildman–Crippen MR) is 109 cm³/mol. The zero-order valence-electron chi connectivity index (χ0n) is 16.1. The molecular weight excluding hydrogens is 352 g/mol. The molecule has 6 heteroatoms. The first-order valence-corrected chi connectivity index (χ1v) is 9.25. The molecule has 2 N–H and O–H groups in total. The summed E-state index contributed by atoms with van der Waals surface area (Å²) in [7, 11) is 0. The number of carbonyl (C=O) groups excluding carboxylic acids is 2. The van der Waals surface area contributed by atoms with Gasteiger partial charge in [0, 0.05) is 11.3 Å². The van der Waals surface area contributed by atoms with Gasteiger partial charge in [0.2, 0.25) is 5.91 Å². The van der Waals surface area contributed by atoms with Crippen LogP contribution in [0, 0.1) is 20.8 Å². The maximum Gasteiger partial charge on any atom is 0.251 e. The Morgan fingerprint density at radius 1 is 1.11 bits per heavy atom. The average Bonchev–Trinajstić information content (AvgIpc) is 3.18. The Hall–Kier alpha value is -3.41. The zero-order chi connectivity index (χ0) is 19.8. The van der Waals surface area contributed by atoms with Crippen molar-refractivity contribution < 1.29 is 9.59 Å². The Morgan fingerprint density at radius 3 is 2.54 bits per heavy atom. The van der Waals surface area contributed by atoms with Crippen molar-refractivity contribution in [3.05, 3.63) is 65.4 Å². The van der Waals surface area contributed by atoms with E-state index in [4.69, 9.17) is 0 Å². The van der Waals surface area contributed by atoms with E-state index in [0.717, 1.165) is 33.5 Å². The van der Waals surface area contributed by atoms with Crippen LogP contribution in [0.1, 0.15) is 29.2 Å². The predicted octanol–water partition coefficient (Wildman–Crippen LogP) is 4.00. The van der Waals surface area contributed by atoms with Crippen molar-refractivity contribution in [2.24, 2.45) is 0 Å². The Labute approximate surface area is 163 Å². The van der Waals surface area contributed by atoms with E-state index in [1.807, 2.05) is 63.2 Å². The Kier molecular flexibility index (Phi) is 4.47. The maximum atomic E-state index is 12.5. The number of benzene rings is 2. The summed E-state index contributed by atoms with van der Waals surface area (Å²) in [5.74, 6) is 0.206. The second kappa shape index (κ2) is 6.96. The summed E-state index contributed by atoms with van der Waals surface area (Å²) < 4.78 is 1.61. The quantitative estimate of drug-likeness (QED) is 0.725. The van der Waals surface area contributed by atoms with Crippen LogP contribution in [0.25, 0.3) is 11.1 Å². The molecule has 4 rings (SSSR count). The smallest absolute Gasteiger partial charge is 0.251 e. The van der Waals surface area contributed by atoms with E-state index in [2.05, 4.69) is 15.7 Å². The lowest BCUT2D eigenvalue weighted by Gasteiger charge is -2.12. The van der Waals surface area contributed by atoms with Gasteiger partial charge in [-0.05, 0) is 38.0 Å². The monoisotopic (exact) mass is 374 g/mol. The molecule has 1 aromatic heterocycles. The number of aryl methyl sites for hydroxylation is 3. The number of nitrogens with zero attached hydrogens (tertiary/aromatic N) is 2. The van der Waals surface area contributed by atoms with Crippen LogP contribution < -0.4 is 10.6 Å². The summed E-state index contributed by atoms with van der Waals surface area (Å²) in [5, 5.41) is 10.1. The normalized spacial score (nSPS) is 15.2. The minimum atomic E-state index is -0.653. The van der Waals surface area contributed by atoms with Crippen molar-refractivity contribution in [2.45, 2.75) is 33.2 Å². The van der Waals surface area contributed by atoms with Gasteiger partial charge in [-0.15, -0.1) is 0 Å². The molecule has 1 aliphatic rings. The van der Waals surface area contributed by atoms with Gasteiger partial charge < -0.3 is 10.6 Å². The van der Waals surface area contributed by atoms with Crippen LogP contribution in [0.4, 0.5) is 11.5 Å². The largest absolute Gasteiger partial charge is 0.326 e. The molecule has 1 unspecified atom stereocenters. The summed E-state index contributed by atoms with van der Waals surface area (Å²) in [6.45, 7) is 5.98. The molecule has 0 radical (unpaired) electrons. The highest BCUT2D eigenvalue weighted by molar-refractivity contribution is 6.04. The number of hydrogen-bond donors (Lipinski definition) is 2. The van der Waals surface area contributed by atoms with Gasteiger partial charge in [0.25, 0.3) is 5.91 Å². The second-order valence-corrected chi connectivity index (χ2v) is 7.29. The first kappa shape index (κ1) is 18.0. The number of fused-ring (bicyclic) bond motifs is 1. The minimum Gasteiger partial charge on any atom is -0.326 e. The Balaban J connectivity index is 1.53. The summed E-state index contributed by atoms with van der Waals surface area (Å²) in [6.07, 6.45) is 1.76. The van der Waals surface area contributed by atoms with Crippen molar-refractivity contribution in [1.82, 2.24) is 9.78 Å². The van der Waals surface area contributed by atoms with E-state index in [0.29, 0.717) is 5.82 Å². The van der Waals surface area contributed by atoms with E-state index in [-0.39, 0.29) is 18.2 Å². The van der Waals surface area contributed by atoms with Crippen LogP contribution in [0.2, 0.25) is 0 Å². The fourth-order valence-corrected chi connectivity index (χ4v) is 3.49. The molecule has 0 saturated heterocycles. The molecule has 3 aromatic rings.